The van der Waals surface area contributed by atoms with E-state index in [0.29, 0.717) is 6.54 Å². The van der Waals surface area contributed by atoms with Gasteiger partial charge in [-0.25, -0.2) is 0 Å². The Kier molecular flexibility index (Phi) is 4.95. The minimum atomic E-state index is 0.651. The van der Waals surface area contributed by atoms with Gasteiger partial charge in [0.25, 0.3) is 0 Å². The minimum Gasteiger partial charge on any atom is -0.457 e. The second kappa shape index (κ2) is 7.68. The summed E-state index contributed by atoms with van der Waals surface area (Å²) in [4.78, 5) is 3.57. The molecular formula is C24H24N2O. The van der Waals surface area contributed by atoms with Crippen LogP contribution in [-0.4, -0.2) is 11.5 Å². The normalized spacial score (nSPS) is 11.0. The molecule has 3 heteroatoms. The maximum atomic E-state index is 5.92. The fourth-order valence-electron chi connectivity index (χ4n) is 3.66. The lowest BCUT2D eigenvalue weighted by Gasteiger charge is -2.09. The van der Waals surface area contributed by atoms with Gasteiger partial charge in [0, 0.05) is 16.6 Å². The van der Waals surface area contributed by atoms with Crippen molar-refractivity contribution in [2.75, 3.05) is 6.54 Å². The minimum absolute atomic E-state index is 0.651. The summed E-state index contributed by atoms with van der Waals surface area (Å²) in [5.41, 5.74) is 12.1. The summed E-state index contributed by atoms with van der Waals surface area (Å²) in [7, 11) is 0. The third-order valence-corrected chi connectivity index (χ3v) is 4.91. The van der Waals surface area contributed by atoms with Gasteiger partial charge >= 0.3 is 0 Å². The summed E-state index contributed by atoms with van der Waals surface area (Å²) in [6, 6.07) is 24.6. The van der Waals surface area contributed by atoms with Gasteiger partial charge in [0.05, 0.1) is 0 Å². The van der Waals surface area contributed by atoms with Crippen LogP contribution in [0.2, 0.25) is 0 Å². The number of para-hydroxylation sites is 1. The molecule has 4 aromatic rings. The van der Waals surface area contributed by atoms with Gasteiger partial charge in [-0.05, 0) is 66.4 Å². The Morgan fingerprint density at radius 2 is 1.59 bits per heavy atom. The smallest absolute Gasteiger partial charge is 0.127 e. The maximum Gasteiger partial charge on any atom is 0.127 e. The summed E-state index contributed by atoms with van der Waals surface area (Å²) in [6.07, 6.45) is 1.86. The van der Waals surface area contributed by atoms with E-state index < -0.39 is 0 Å². The average molecular weight is 356 g/mol. The topological polar surface area (TPSA) is 51.0 Å². The monoisotopic (exact) mass is 356 g/mol. The van der Waals surface area contributed by atoms with Crippen LogP contribution in [0.5, 0.6) is 11.5 Å². The van der Waals surface area contributed by atoms with Crippen molar-refractivity contribution in [3.8, 4) is 22.6 Å². The second-order valence-corrected chi connectivity index (χ2v) is 6.64. The lowest BCUT2D eigenvalue weighted by Crippen LogP contribution is -2.04. The molecule has 3 N–H and O–H groups in total. The number of aromatic amines is 1. The molecule has 0 radical (unpaired) electrons. The van der Waals surface area contributed by atoms with Crippen LogP contribution < -0.4 is 10.5 Å². The van der Waals surface area contributed by atoms with E-state index in [2.05, 4.69) is 42.2 Å². The summed E-state index contributed by atoms with van der Waals surface area (Å²) in [5, 5.41) is 1.29. The molecule has 1 heterocycles. The van der Waals surface area contributed by atoms with E-state index in [0.717, 1.165) is 24.3 Å². The van der Waals surface area contributed by atoms with Crippen LogP contribution in [0.15, 0.2) is 72.8 Å². The Labute approximate surface area is 159 Å². The molecule has 0 aliphatic rings. The Morgan fingerprint density at radius 1 is 0.852 bits per heavy atom. The van der Waals surface area contributed by atoms with E-state index >= 15 is 0 Å². The molecule has 0 bridgehead atoms. The highest BCUT2D eigenvalue weighted by Gasteiger charge is 2.14. The molecule has 0 aliphatic heterocycles. The van der Waals surface area contributed by atoms with Crippen molar-refractivity contribution in [3.05, 3.63) is 84.1 Å². The number of hydrogen-bond acceptors (Lipinski definition) is 2. The zero-order valence-electron chi connectivity index (χ0n) is 15.5. The van der Waals surface area contributed by atoms with Crippen LogP contribution in [0, 0.1) is 0 Å². The second-order valence-electron chi connectivity index (χ2n) is 6.64. The van der Waals surface area contributed by atoms with Gasteiger partial charge in [0.2, 0.25) is 0 Å². The highest BCUT2D eigenvalue weighted by atomic mass is 16.5. The molecule has 0 aliphatic carbocycles. The fraction of sp³-hybridized carbons (Fsp3) is 0.167. The first-order valence-electron chi connectivity index (χ1n) is 9.46. The number of H-pyrrole nitrogens is 1. The summed E-state index contributed by atoms with van der Waals surface area (Å²) < 4.78 is 5.92. The number of aryl methyl sites for hydroxylation is 1. The highest BCUT2D eigenvalue weighted by molar-refractivity contribution is 5.98. The first-order chi connectivity index (χ1) is 13.3. The Morgan fingerprint density at radius 3 is 2.30 bits per heavy atom. The lowest BCUT2D eigenvalue weighted by molar-refractivity contribution is 0.483. The molecule has 0 fully saturated rings. The van der Waals surface area contributed by atoms with E-state index in [4.69, 9.17) is 10.5 Å². The molecule has 4 rings (SSSR count). The van der Waals surface area contributed by atoms with E-state index in [9.17, 15) is 0 Å². The molecule has 27 heavy (non-hydrogen) atoms. The van der Waals surface area contributed by atoms with Crippen LogP contribution in [0.3, 0.4) is 0 Å². The third kappa shape index (κ3) is 3.46. The summed E-state index contributed by atoms with van der Waals surface area (Å²) in [5.74, 6) is 1.68. The molecule has 3 aromatic carbocycles. The lowest BCUT2D eigenvalue weighted by atomic mass is 9.96. The van der Waals surface area contributed by atoms with Crippen LogP contribution in [0.4, 0.5) is 0 Å². The van der Waals surface area contributed by atoms with Crippen molar-refractivity contribution in [2.24, 2.45) is 5.73 Å². The number of ether oxygens (including phenoxy) is 1. The van der Waals surface area contributed by atoms with Crippen LogP contribution in [0.25, 0.3) is 22.0 Å². The zero-order valence-corrected chi connectivity index (χ0v) is 15.5. The van der Waals surface area contributed by atoms with Crippen LogP contribution in [0.1, 0.15) is 18.2 Å². The molecule has 1 aromatic heterocycles. The van der Waals surface area contributed by atoms with Gasteiger partial charge in [0.15, 0.2) is 0 Å². The number of fused-ring (bicyclic) bond motifs is 1. The maximum absolute atomic E-state index is 5.92. The van der Waals surface area contributed by atoms with Crippen LogP contribution in [-0.2, 0) is 12.8 Å². The SMILES string of the molecule is CCc1[nH]c2cccc(-c3ccc(Oc4ccccc4)cc3)c2c1CCN. The quantitative estimate of drug-likeness (QED) is 0.466. The highest BCUT2D eigenvalue weighted by Crippen LogP contribution is 2.34. The first-order valence-corrected chi connectivity index (χ1v) is 9.46. The van der Waals surface area contributed by atoms with Crippen molar-refractivity contribution in [3.63, 3.8) is 0 Å². The molecular weight excluding hydrogens is 332 g/mol. The molecule has 136 valence electrons. The van der Waals surface area contributed by atoms with Gasteiger partial charge < -0.3 is 15.5 Å². The molecule has 0 atom stereocenters. The number of hydrogen-bond donors (Lipinski definition) is 2. The number of aromatic nitrogens is 1. The predicted octanol–water partition coefficient (Wildman–Crippen LogP) is 5.69. The van der Waals surface area contributed by atoms with Crippen molar-refractivity contribution >= 4 is 10.9 Å². The molecule has 0 unspecified atom stereocenters. The van der Waals surface area contributed by atoms with Crippen LogP contribution >= 0.6 is 0 Å². The number of benzene rings is 3. The molecule has 3 nitrogen and oxygen atoms in total. The largest absolute Gasteiger partial charge is 0.457 e. The van der Waals surface area contributed by atoms with Gasteiger partial charge in [-0.1, -0.05) is 49.4 Å². The Balaban J connectivity index is 1.72. The number of nitrogens with one attached hydrogen (secondary N) is 1. The van der Waals surface area contributed by atoms with Gasteiger partial charge in [-0.3, -0.25) is 0 Å². The molecule has 0 amide bonds. The molecule has 0 saturated carbocycles. The third-order valence-electron chi connectivity index (χ3n) is 4.91. The van der Waals surface area contributed by atoms with Crippen molar-refractivity contribution in [1.82, 2.24) is 4.98 Å². The van der Waals surface area contributed by atoms with Gasteiger partial charge in [0.1, 0.15) is 11.5 Å². The Bertz CT molecular complexity index is 1030. The standard InChI is InChI=1S/C24H24N2O/c1-2-22-21(15-16-25)24-20(9-6-10-23(24)26-22)17-11-13-19(14-12-17)27-18-7-4-3-5-8-18/h3-14,26H,2,15-16,25H2,1H3. The predicted molar refractivity (Wildman–Crippen MR) is 112 cm³/mol. The molecule has 0 saturated heterocycles. The van der Waals surface area contributed by atoms with Crippen molar-refractivity contribution in [1.29, 1.82) is 0 Å². The summed E-state index contributed by atoms with van der Waals surface area (Å²) in [6.45, 7) is 2.83. The summed E-state index contributed by atoms with van der Waals surface area (Å²) >= 11 is 0. The van der Waals surface area contributed by atoms with Crippen molar-refractivity contribution in [2.45, 2.75) is 19.8 Å². The number of nitrogens with two attached hydrogens (primary N) is 1. The molecule has 0 spiro atoms. The number of rotatable bonds is 6. The fourth-order valence-corrected chi connectivity index (χ4v) is 3.66. The van der Waals surface area contributed by atoms with E-state index in [1.807, 2.05) is 42.5 Å². The average Bonchev–Trinajstić information content (AvgIpc) is 3.08. The van der Waals surface area contributed by atoms with E-state index in [1.54, 1.807) is 0 Å². The van der Waals surface area contributed by atoms with Gasteiger partial charge in [-0.2, -0.15) is 0 Å². The van der Waals surface area contributed by atoms with E-state index in [1.165, 1.54) is 33.3 Å². The Hall–Kier alpha value is -3.04. The zero-order chi connectivity index (χ0) is 18.6. The van der Waals surface area contributed by atoms with E-state index in [-0.39, 0.29) is 0 Å². The van der Waals surface area contributed by atoms with Crippen molar-refractivity contribution < 1.29 is 4.74 Å². The first kappa shape index (κ1) is 17.4. The van der Waals surface area contributed by atoms with Gasteiger partial charge in [-0.15, -0.1) is 0 Å².